The van der Waals surface area contributed by atoms with Gasteiger partial charge in [0.2, 0.25) is 5.91 Å². The summed E-state index contributed by atoms with van der Waals surface area (Å²) in [5.41, 5.74) is 6.84. The highest BCUT2D eigenvalue weighted by Crippen LogP contribution is 2.23. The van der Waals surface area contributed by atoms with E-state index in [0.717, 1.165) is 30.5 Å². The van der Waals surface area contributed by atoms with E-state index >= 15 is 0 Å². The molecule has 6 heteroatoms. The smallest absolute Gasteiger partial charge is 0.321 e. The third-order valence-corrected chi connectivity index (χ3v) is 4.84. The van der Waals surface area contributed by atoms with E-state index in [1.807, 2.05) is 38.1 Å². The van der Waals surface area contributed by atoms with Crippen molar-refractivity contribution in [2.75, 3.05) is 18.4 Å². The number of ether oxygens (including phenoxy) is 1. The van der Waals surface area contributed by atoms with E-state index in [1.165, 1.54) is 0 Å². The summed E-state index contributed by atoms with van der Waals surface area (Å²) < 4.78 is 5.95. The number of primary amides is 1. The number of piperidine rings is 1. The van der Waals surface area contributed by atoms with Crippen molar-refractivity contribution in [3.63, 3.8) is 0 Å². The predicted molar refractivity (Wildman–Crippen MR) is 98.1 cm³/mol. The normalized spacial score (nSPS) is 18.0. The van der Waals surface area contributed by atoms with Crippen LogP contribution in [0.25, 0.3) is 0 Å². The maximum Gasteiger partial charge on any atom is 0.321 e. The van der Waals surface area contributed by atoms with Crippen LogP contribution in [0.2, 0.25) is 0 Å². The molecule has 1 heterocycles. The van der Waals surface area contributed by atoms with Crippen LogP contribution < -0.4 is 11.1 Å². The zero-order valence-electron chi connectivity index (χ0n) is 15.4. The number of nitrogens with zero attached hydrogens (tertiary/aromatic N) is 1. The number of urea groups is 1. The Bertz CT molecular complexity index is 616. The number of likely N-dealkylation sites (tertiary alicyclic amines) is 1. The monoisotopic (exact) mass is 347 g/mol. The first-order valence-electron chi connectivity index (χ1n) is 8.89. The van der Waals surface area contributed by atoms with Gasteiger partial charge in [0.05, 0.1) is 18.1 Å². The number of benzene rings is 1. The van der Waals surface area contributed by atoms with E-state index < -0.39 is 0 Å². The van der Waals surface area contributed by atoms with Gasteiger partial charge in [-0.3, -0.25) is 4.79 Å². The van der Waals surface area contributed by atoms with Gasteiger partial charge in [-0.05, 0) is 39.2 Å². The summed E-state index contributed by atoms with van der Waals surface area (Å²) in [7, 11) is 0. The van der Waals surface area contributed by atoms with E-state index in [9.17, 15) is 9.59 Å². The van der Waals surface area contributed by atoms with Crippen molar-refractivity contribution in [2.45, 2.75) is 52.2 Å². The zero-order valence-corrected chi connectivity index (χ0v) is 15.4. The Morgan fingerprint density at radius 1 is 1.36 bits per heavy atom. The molecule has 3 amide bonds. The van der Waals surface area contributed by atoms with Crippen molar-refractivity contribution >= 4 is 17.6 Å². The van der Waals surface area contributed by atoms with Gasteiger partial charge in [-0.15, -0.1) is 0 Å². The maximum absolute atomic E-state index is 12.6. The van der Waals surface area contributed by atoms with Gasteiger partial charge in [-0.1, -0.05) is 25.1 Å². The zero-order chi connectivity index (χ0) is 18.4. The Kier molecular flexibility index (Phi) is 6.42. The summed E-state index contributed by atoms with van der Waals surface area (Å²) in [5.74, 6) is -0.600. The molecule has 1 fully saturated rings. The van der Waals surface area contributed by atoms with Crippen LogP contribution in [0, 0.1) is 5.92 Å². The first-order valence-corrected chi connectivity index (χ1v) is 8.89. The molecule has 1 aromatic carbocycles. The fraction of sp³-hybridized carbons (Fsp3) is 0.579. The predicted octanol–water partition coefficient (Wildman–Crippen LogP) is 3.12. The van der Waals surface area contributed by atoms with E-state index in [1.54, 1.807) is 4.90 Å². The second-order valence-corrected chi connectivity index (χ2v) is 7.18. The van der Waals surface area contributed by atoms with E-state index in [-0.39, 0.29) is 23.5 Å². The molecule has 1 saturated heterocycles. The molecule has 0 bridgehead atoms. The highest BCUT2D eigenvalue weighted by atomic mass is 16.5. The minimum Gasteiger partial charge on any atom is -0.371 e. The second-order valence-electron chi connectivity index (χ2n) is 7.18. The lowest BCUT2D eigenvalue weighted by Gasteiger charge is -2.31. The maximum atomic E-state index is 12.6. The van der Waals surface area contributed by atoms with Crippen LogP contribution in [-0.4, -0.2) is 35.5 Å². The molecule has 1 aromatic rings. The number of nitrogens with one attached hydrogen (secondary N) is 1. The molecule has 1 aliphatic rings. The van der Waals surface area contributed by atoms with Gasteiger partial charge in [0, 0.05) is 24.3 Å². The van der Waals surface area contributed by atoms with Crippen LogP contribution in [0.3, 0.4) is 0 Å². The summed E-state index contributed by atoms with van der Waals surface area (Å²) in [4.78, 5) is 25.6. The SMILES string of the molecule is CCC(C)(C)OCc1ccccc1NC(=O)N1CCC[C@@H](C(N)=O)C1. The van der Waals surface area contributed by atoms with E-state index in [2.05, 4.69) is 12.2 Å². The van der Waals surface area contributed by atoms with Gasteiger partial charge in [0.25, 0.3) is 0 Å². The van der Waals surface area contributed by atoms with Gasteiger partial charge in [0.1, 0.15) is 0 Å². The number of para-hydroxylation sites is 1. The quantitative estimate of drug-likeness (QED) is 0.829. The second kappa shape index (κ2) is 8.34. The van der Waals surface area contributed by atoms with Crippen LogP contribution in [-0.2, 0) is 16.1 Å². The molecule has 0 aliphatic carbocycles. The first kappa shape index (κ1) is 19.2. The molecule has 3 N–H and O–H groups in total. The summed E-state index contributed by atoms with van der Waals surface area (Å²) in [6.07, 6.45) is 2.44. The standard InChI is InChI=1S/C19H29N3O3/c1-4-19(2,3)25-13-15-8-5-6-10-16(15)21-18(24)22-11-7-9-14(12-22)17(20)23/h5-6,8,10,14H,4,7,9,11-13H2,1-3H3,(H2,20,23)(H,21,24)/t14-/m1/s1. The molecule has 2 rings (SSSR count). The average Bonchev–Trinajstić information content (AvgIpc) is 2.61. The molecule has 1 aliphatic heterocycles. The third kappa shape index (κ3) is 5.46. The van der Waals surface area contributed by atoms with Crippen LogP contribution in [0.5, 0.6) is 0 Å². The number of anilines is 1. The van der Waals surface area contributed by atoms with Crippen molar-refractivity contribution in [3.05, 3.63) is 29.8 Å². The molecular weight excluding hydrogens is 318 g/mol. The highest BCUT2D eigenvalue weighted by molar-refractivity contribution is 5.90. The Balaban J connectivity index is 2.02. The van der Waals surface area contributed by atoms with Crippen LogP contribution in [0.4, 0.5) is 10.5 Å². The third-order valence-electron chi connectivity index (χ3n) is 4.84. The van der Waals surface area contributed by atoms with Gasteiger partial charge >= 0.3 is 6.03 Å². The molecule has 0 aromatic heterocycles. The number of hydrogen-bond acceptors (Lipinski definition) is 3. The Morgan fingerprint density at radius 2 is 2.08 bits per heavy atom. The lowest BCUT2D eigenvalue weighted by atomic mass is 9.98. The van der Waals surface area contributed by atoms with Crippen LogP contribution in [0.1, 0.15) is 45.6 Å². The fourth-order valence-electron chi connectivity index (χ4n) is 2.73. The molecule has 0 spiro atoms. The molecule has 138 valence electrons. The topological polar surface area (TPSA) is 84.7 Å². The Hall–Kier alpha value is -2.08. The number of carbonyl (C=O) groups is 2. The molecule has 0 unspecified atom stereocenters. The lowest BCUT2D eigenvalue weighted by molar-refractivity contribution is -0.123. The van der Waals surface area contributed by atoms with Gasteiger partial charge < -0.3 is 20.7 Å². The van der Waals surface area contributed by atoms with Gasteiger partial charge in [-0.25, -0.2) is 4.79 Å². The Morgan fingerprint density at radius 3 is 2.76 bits per heavy atom. The molecule has 0 saturated carbocycles. The van der Waals surface area contributed by atoms with E-state index in [4.69, 9.17) is 10.5 Å². The first-order chi connectivity index (χ1) is 11.8. The lowest BCUT2D eigenvalue weighted by Crippen LogP contribution is -2.45. The molecule has 25 heavy (non-hydrogen) atoms. The summed E-state index contributed by atoms with van der Waals surface area (Å²) in [5, 5.41) is 2.95. The minimum atomic E-state index is -0.340. The van der Waals surface area contributed by atoms with Crippen molar-refractivity contribution < 1.29 is 14.3 Å². The minimum absolute atomic E-state index is 0.201. The largest absolute Gasteiger partial charge is 0.371 e. The van der Waals surface area contributed by atoms with Crippen molar-refractivity contribution in [2.24, 2.45) is 11.7 Å². The fourth-order valence-corrected chi connectivity index (χ4v) is 2.73. The molecule has 0 radical (unpaired) electrons. The van der Waals surface area contributed by atoms with Crippen LogP contribution >= 0.6 is 0 Å². The van der Waals surface area contributed by atoms with Crippen LogP contribution in [0.15, 0.2) is 24.3 Å². The van der Waals surface area contributed by atoms with E-state index in [0.29, 0.717) is 19.7 Å². The number of amides is 3. The summed E-state index contributed by atoms with van der Waals surface area (Å²) in [6.45, 7) is 7.62. The number of hydrogen-bond donors (Lipinski definition) is 2. The average molecular weight is 347 g/mol. The van der Waals surface area contributed by atoms with Gasteiger partial charge in [-0.2, -0.15) is 0 Å². The van der Waals surface area contributed by atoms with Crippen molar-refractivity contribution in [1.29, 1.82) is 0 Å². The molecule has 1 atom stereocenters. The van der Waals surface area contributed by atoms with Crippen molar-refractivity contribution in [1.82, 2.24) is 4.90 Å². The number of nitrogens with two attached hydrogens (primary N) is 1. The number of carbonyl (C=O) groups excluding carboxylic acids is 2. The Labute approximate surface area is 149 Å². The highest BCUT2D eigenvalue weighted by Gasteiger charge is 2.27. The number of rotatable bonds is 6. The summed E-state index contributed by atoms with van der Waals surface area (Å²) in [6, 6.07) is 7.42. The van der Waals surface area contributed by atoms with Gasteiger partial charge in [0.15, 0.2) is 0 Å². The summed E-state index contributed by atoms with van der Waals surface area (Å²) >= 11 is 0. The van der Waals surface area contributed by atoms with Crippen molar-refractivity contribution in [3.8, 4) is 0 Å². The molecule has 6 nitrogen and oxygen atoms in total. The molecular formula is C19H29N3O3.